The fourth-order valence-electron chi connectivity index (χ4n) is 1.06. The van der Waals surface area contributed by atoms with Crippen molar-refractivity contribution < 1.29 is 0 Å². The summed E-state index contributed by atoms with van der Waals surface area (Å²) < 4.78 is 0. The highest BCUT2D eigenvalue weighted by molar-refractivity contribution is 5.31. The van der Waals surface area contributed by atoms with Crippen molar-refractivity contribution >= 4 is 0 Å². The average molecular weight is 145 g/mol. The number of rotatable bonds is 2. The van der Waals surface area contributed by atoms with E-state index < -0.39 is 0 Å². The van der Waals surface area contributed by atoms with Gasteiger partial charge in [0.15, 0.2) is 0 Å². The first-order valence-electron chi connectivity index (χ1n) is 3.74. The van der Waals surface area contributed by atoms with Crippen LogP contribution in [0.5, 0.6) is 0 Å². The molecule has 0 heteroatoms. The van der Waals surface area contributed by atoms with Crippen molar-refractivity contribution in [2.24, 2.45) is 0 Å². The van der Waals surface area contributed by atoms with Gasteiger partial charge in [-0.05, 0) is 31.4 Å². The molecule has 0 amide bonds. The fourth-order valence-corrected chi connectivity index (χ4v) is 1.06. The van der Waals surface area contributed by atoms with Gasteiger partial charge in [-0.3, -0.25) is 0 Å². The van der Waals surface area contributed by atoms with Crippen LogP contribution < -0.4 is 0 Å². The maximum Gasteiger partial charge on any atom is -0.00698 e. The molecule has 1 rings (SSSR count). The average Bonchev–Trinajstić information content (AvgIpc) is 1.93. The van der Waals surface area contributed by atoms with Crippen molar-refractivity contribution in [1.29, 1.82) is 0 Å². The molecule has 0 saturated heterocycles. The van der Waals surface area contributed by atoms with Crippen molar-refractivity contribution in [2.45, 2.75) is 13.3 Å². The Morgan fingerprint density at radius 3 is 2.55 bits per heavy atom. The number of hydrogen-bond acceptors (Lipinski definition) is 0. The molecule has 0 spiro atoms. The Balaban J connectivity index is 2.86. The lowest BCUT2D eigenvalue weighted by Crippen LogP contribution is -1.88. The highest BCUT2D eigenvalue weighted by atomic mass is 14.0. The zero-order valence-electron chi connectivity index (χ0n) is 6.93. The third-order valence-corrected chi connectivity index (χ3v) is 1.61. The summed E-state index contributed by atoms with van der Waals surface area (Å²) in [6.07, 6.45) is 0.944. The number of benzene rings is 1. The Morgan fingerprint density at radius 2 is 2.00 bits per heavy atom. The smallest absolute Gasteiger partial charge is 0.00698 e. The second kappa shape index (κ2) is 3.38. The second-order valence-electron chi connectivity index (χ2n) is 2.90. The summed E-state index contributed by atoms with van der Waals surface area (Å²) in [5.74, 6) is 0. The molecule has 0 nitrogen and oxygen atoms in total. The number of allylic oxidation sites excluding steroid dienone is 1. The molecule has 0 unspecified atom stereocenters. The Labute approximate surface area is 68.6 Å². The van der Waals surface area contributed by atoms with Crippen molar-refractivity contribution in [3.63, 3.8) is 0 Å². The molecule has 0 N–H and O–H groups in total. The maximum atomic E-state index is 3.93. The van der Waals surface area contributed by atoms with Gasteiger partial charge >= 0.3 is 0 Å². The standard InChI is InChI=1S/C11H13/c1-9(2)8-11-7-5-4-6-10(11)3/h4-7H,1,3,8H2,2H3. The van der Waals surface area contributed by atoms with Crippen LogP contribution in [0, 0.1) is 6.92 Å². The van der Waals surface area contributed by atoms with Gasteiger partial charge in [-0.2, -0.15) is 0 Å². The van der Waals surface area contributed by atoms with Crippen molar-refractivity contribution in [3.8, 4) is 0 Å². The molecule has 0 bridgehead atoms. The molecule has 0 aromatic heterocycles. The molecular weight excluding hydrogens is 132 g/mol. The molecule has 57 valence electrons. The van der Waals surface area contributed by atoms with Crippen LogP contribution in [0.4, 0.5) is 0 Å². The normalized spacial score (nSPS) is 9.64. The van der Waals surface area contributed by atoms with Crippen molar-refractivity contribution in [3.05, 3.63) is 54.5 Å². The van der Waals surface area contributed by atoms with Crippen molar-refractivity contribution in [1.82, 2.24) is 0 Å². The van der Waals surface area contributed by atoms with E-state index >= 15 is 0 Å². The van der Waals surface area contributed by atoms with E-state index in [4.69, 9.17) is 0 Å². The molecule has 1 radical (unpaired) electrons. The molecule has 0 heterocycles. The van der Waals surface area contributed by atoms with Gasteiger partial charge in [0.25, 0.3) is 0 Å². The molecule has 0 aliphatic rings. The predicted octanol–water partition coefficient (Wildman–Crippen LogP) is 2.99. The molecule has 1 aromatic rings. The monoisotopic (exact) mass is 145 g/mol. The SMILES string of the molecule is [CH2]c1ccccc1CC(=C)C. The van der Waals surface area contributed by atoms with E-state index in [2.05, 4.69) is 19.6 Å². The predicted molar refractivity (Wildman–Crippen MR) is 49.4 cm³/mol. The van der Waals surface area contributed by atoms with Crippen LogP contribution in [0.15, 0.2) is 36.4 Å². The summed E-state index contributed by atoms with van der Waals surface area (Å²) in [5.41, 5.74) is 3.57. The Bertz CT molecular complexity index is 258. The Kier molecular flexibility index (Phi) is 2.48. The number of hydrogen-bond donors (Lipinski definition) is 0. The van der Waals surface area contributed by atoms with Gasteiger partial charge in [0.1, 0.15) is 0 Å². The first kappa shape index (κ1) is 8.06. The van der Waals surface area contributed by atoms with E-state index in [9.17, 15) is 0 Å². The Hall–Kier alpha value is -1.04. The van der Waals surface area contributed by atoms with E-state index in [-0.39, 0.29) is 0 Å². The van der Waals surface area contributed by atoms with Crippen LogP contribution in [0.1, 0.15) is 18.1 Å². The third kappa shape index (κ3) is 2.23. The molecule has 0 saturated carbocycles. The molecule has 0 aliphatic carbocycles. The van der Waals surface area contributed by atoms with Gasteiger partial charge in [0, 0.05) is 0 Å². The largest absolute Gasteiger partial charge is 0.0998 e. The minimum atomic E-state index is 0.944. The minimum absolute atomic E-state index is 0.944. The topological polar surface area (TPSA) is 0 Å². The quantitative estimate of drug-likeness (QED) is 0.561. The van der Waals surface area contributed by atoms with E-state index in [1.807, 2.05) is 25.1 Å². The molecule has 0 aliphatic heterocycles. The molecule has 11 heavy (non-hydrogen) atoms. The molecule has 1 aromatic carbocycles. The zero-order chi connectivity index (χ0) is 8.27. The summed E-state index contributed by atoms with van der Waals surface area (Å²) >= 11 is 0. The summed E-state index contributed by atoms with van der Waals surface area (Å²) in [4.78, 5) is 0. The molecular formula is C11H13. The fraction of sp³-hybridized carbons (Fsp3) is 0.182. The van der Waals surface area contributed by atoms with Crippen LogP contribution >= 0.6 is 0 Å². The highest BCUT2D eigenvalue weighted by Crippen LogP contribution is 2.10. The summed E-state index contributed by atoms with van der Waals surface area (Å²) in [6, 6.07) is 8.16. The van der Waals surface area contributed by atoms with Crippen LogP contribution in [-0.4, -0.2) is 0 Å². The summed E-state index contributed by atoms with van der Waals surface area (Å²) in [5, 5.41) is 0. The van der Waals surface area contributed by atoms with Gasteiger partial charge < -0.3 is 0 Å². The van der Waals surface area contributed by atoms with Crippen LogP contribution in [-0.2, 0) is 6.42 Å². The first-order chi connectivity index (χ1) is 5.20. The van der Waals surface area contributed by atoms with Gasteiger partial charge in [-0.25, -0.2) is 0 Å². The minimum Gasteiger partial charge on any atom is -0.0998 e. The first-order valence-corrected chi connectivity index (χ1v) is 3.74. The second-order valence-corrected chi connectivity index (χ2v) is 2.90. The van der Waals surface area contributed by atoms with E-state index in [0.717, 1.165) is 12.0 Å². The molecule has 0 fully saturated rings. The maximum absolute atomic E-state index is 3.93. The van der Waals surface area contributed by atoms with E-state index in [0.29, 0.717) is 0 Å². The van der Waals surface area contributed by atoms with Gasteiger partial charge in [-0.15, -0.1) is 0 Å². The third-order valence-electron chi connectivity index (χ3n) is 1.61. The zero-order valence-corrected chi connectivity index (χ0v) is 6.93. The van der Waals surface area contributed by atoms with Gasteiger partial charge in [-0.1, -0.05) is 36.4 Å². The van der Waals surface area contributed by atoms with Crippen LogP contribution in [0.3, 0.4) is 0 Å². The van der Waals surface area contributed by atoms with E-state index in [1.54, 1.807) is 0 Å². The van der Waals surface area contributed by atoms with Gasteiger partial charge in [0.2, 0.25) is 0 Å². The highest BCUT2D eigenvalue weighted by Gasteiger charge is 1.95. The molecule has 0 atom stereocenters. The lowest BCUT2D eigenvalue weighted by Gasteiger charge is -2.03. The van der Waals surface area contributed by atoms with E-state index in [1.165, 1.54) is 11.1 Å². The van der Waals surface area contributed by atoms with Crippen LogP contribution in [0.25, 0.3) is 0 Å². The van der Waals surface area contributed by atoms with Crippen molar-refractivity contribution in [2.75, 3.05) is 0 Å². The van der Waals surface area contributed by atoms with Crippen LogP contribution in [0.2, 0.25) is 0 Å². The lowest BCUT2D eigenvalue weighted by atomic mass is 10.0. The van der Waals surface area contributed by atoms with Gasteiger partial charge in [0.05, 0.1) is 0 Å². The summed E-state index contributed by atoms with van der Waals surface area (Å²) in [7, 11) is 0. The Morgan fingerprint density at radius 1 is 1.36 bits per heavy atom. The lowest BCUT2D eigenvalue weighted by molar-refractivity contribution is 1.14. The summed E-state index contributed by atoms with van der Waals surface area (Å²) in [6.45, 7) is 9.83.